The Morgan fingerprint density at radius 2 is 1.95 bits per heavy atom. The van der Waals surface area contributed by atoms with E-state index in [0.717, 1.165) is 33.9 Å². The molecule has 0 aliphatic carbocycles. The Morgan fingerprint density at radius 1 is 1.16 bits per heavy atom. The van der Waals surface area contributed by atoms with E-state index in [0.29, 0.717) is 0 Å². The van der Waals surface area contributed by atoms with Crippen LogP contribution in [0.1, 0.15) is 5.56 Å². The lowest BCUT2D eigenvalue weighted by molar-refractivity contribution is 0.174. The van der Waals surface area contributed by atoms with Gasteiger partial charge in [-0.1, -0.05) is 24.8 Å². The molecular formula is C16H14O3. The number of hydrogen-bond donors (Lipinski definition) is 0. The molecule has 3 nitrogen and oxygen atoms in total. The molecule has 96 valence electrons. The van der Waals surface area contributed by atoms with E-state index in [1.165, 1.54) is 0 Å². The van der Waals surface area contributed by atoms with E-state index in [2.05, 4.69) is 6.58 Å². The van der Waals surface area contributed by atoms with Crippen molar-refractivity contribution in [1.29, 1.82) is 0 Å². The van der Waals surface area contributed by atoms with Crippen LogP contribution in [-0.4, -0.2) is 13.9 Å². The van der Waals surface area contributed by atoms with E-state index in [9.17, 15) is 0 Å². The molecule has 3 rings (SSSR count). The van der Waals surface area contributed by atoms with Gasteiger partial charge in [0.25, 0.3) is 0 Å². The molecule has 2 aromatic carbocycles. The van der Waals surface area contributed by atoms with Gasteiger partial charge in [0.2, 0.25) is 6.79 Å². The van der Waals surface area contributed by atoms with Gasteiger partial charge < -0.3 is 14.2 Å². The number of ether oxygens (including phenoxy) is 3. The third-order valence-corrected chi connectivity index (χ3v) is 3.15. The Balaban J connectivity index is 2.15. The number of rotatable bonds is 3. The van der Waals surface area contributed by atoms with Gasteiger partial charge in [-0.2, -0.15) is 0 Å². The van der Waals surface area contributed by atoms with Crippen LogP contribution in [-0.2, 0) is 0 Å². The van der Waals surface area contributed by atoms with Crippen LogP contribution >= 0.6 is 0 Å². The van der Waals surface area contributed by atoms with Crippen LogP contribution in [0.2, 0.25) is 0 Å². The second-order valence-corrected chi connectivity index (χ2v) is 4.23. The number of methoxy groups -OCH3 is 1. The van der Waals surface area contributed by atoms with Crippen molar-refractivity contribution in [3.63, 3.8) is 0 Å². The molecule has 0 atom stereocenters. The summed E-state index contributed by atoms with van der Waals surface area (Å²) in [6.07, 6.45) is 1.82. The molecule has 1 aliphatic rings. The van der Waals surface area contributed by atoms with Gasteiger partial charge in [0, 0.05) is 0 Å². The second kappa shape index (κ2) is 4.69. The average molecular weight is 254 g/mol. The molecule has 0 bridgehead atoms. The van der Waals surface area contributed by atoms with Gasteiger partial charge in [0.15, 0.2) is 11.5 Å². The first-order valence-electron chi connectivity index (χ1n) is 6.02. The molecule has 0 aromatic heterocycles. The zero-order valence-corrected chi connectivity index (χ0v) is 10.7. The zero-order valence-electron chi connectivity index (χ0n) is 10.7. The summed E-state index contributed by atoms with van der Waals surface area (Å²) in [5.74, 6) is 2.36. The standard InChI is InChI=1S/C16H14O3/c1-3-11-8-15-16(19-10-18-15)9-14(11)12-5-4-6-13(7-12)17-2/h3-9H,1,10H2,2H3. The van der Waals surface area contributed by atoms with Crippen molar-refractivity contribution in [1.82, 2.24) is 0 Å². The van der Waals surface area contributed by atoms with Crippen LogP contribution in [0.5, 0.6) is 17.2 Å². The van der Waals surface area contributed by atoms with Crippen molar-refractivity contribution in [3.8, 4) is 28.4 Å². The zero-order chi connectivity index (χ0) is 13.2. The van der Waals surface area contributed by atoms with Crippen molar-refractivity contribution in [3.05, 3.63) is 48.5 Å². The first kappa shape index (κ1) is 11.7. The first-order valence-corrected chi connectivity index (χ1v) is 6.02. The van der Waals surface area contributed by atoms with E-state index in [4.69, 9.17) is 14.2 Å². The van der Waals surface area contributed by atoms with Crippen molar-refractivity contribution in [2.75, 3.05) is 13.9 Å². The number of fused-ring (bicyclic) bond motifs is 1. The number of benzene rings is 2. The lowest BCUT2D eigenvalue weighted by atomic mass is 9.98. The SMILES string of the molecule is C=Cc1cc2c(cc1-c1cccc(OC)c1)OCO2. The van der Waals surface area contributed by atoms with Crippen molar-refractivity contribution in [2.24, 2.45) is 0 Å². The minimum absolute atomic E-state index is 0.271. The third kappa shape index (κ3) is 2.03. The molecule has 0 saturated heterocycles. The van der Waals surface area contributed by atoms with Crippen molar-refractivity contribution < 1.29 is 14.2 Å². The predicted octanol–water partition coefficient (Wildman–Crippen LogP) is 3.73. The molecule has 3 heteroatoms. The van der Waals surface area contributed by atoms with E-state index >= 15 is 0 Å². The molecular weight excluding hydrogens is 240 g/mol. The summed E-state index contributed by atoms with van der Waals surface area (Å²) < 4.78 is 16.1. The fourth-order valence-electron chi connectivity index (χ4n) is 2.17. The summed E-state index contributed by atoms with van der Waals surface area (Å²) in [6.45, 7) is 4.13. The summed E-state index contributed by atoms with van der Waals surface area (Å²) in [5.41, 5.74) is 3.13. The third-order valence-electron chi connectivity index (χ3n) is 3.15. The van der Waals surface area contributed by atoms with Crippen LogP contribution in [0.25, 0.3) is 17.2 Å². The molecule has 1 aliphatic heterocycles. The van der Waals surface area contributed by atoms with Crippen LogP contribution in [0.3, 0.4) is 0 Å². The summed E-state index contributed by atoms with van der Waals surface area (Å²) in [5, 5.41) is 0. The maximum atomic E-state index is 5.43. The van der Waals surface area contributed by atoms with E-state index < -0.39 is 0 Å². The van der Waals surface area contributed by atoms with Crippen molar-refractivity contribution >= 4 is 6.08 Å². The highest BCUT2D eigenvalue weighted by Gasteiger charge is 2.17. The van der Waals surface area contributed by atoms with Crippen LogP contribution < -0.4 is 14.2 Å². The minimum atomic E-state index is 0.271. The highest BCUT2D eigenvalue weighted by molar-refractivity contribution is 5.78. The average Bonchev–Trinajstić information content (AvgIpc) is 2.93. The highest BCUT2D eigenvalue weighted by atomic mass is 16.7. The van der Waals surface area contributed by atoms with Gasteiger partial charge in [-0.3, -0.25) is 0 Å². The largest absolute Gasteiger partial charge is 0.497 e. The Labute approximate surface area is 112 Å². The Morgan fingerprint density at radius 3 is 2.68 bits per heavy atom. The van der Waals surface area contributed by atoms with Gasteiger partial charge in [-0.05, 0) is 41.0 Å². The summed E-state index contributed by atoms with van der Waals surface area (Å²) >= 11 is 0. The van der Waals surface area contributed by atoms with Gasteiger partial charge in [0.1, 0.15) is 5.75 Å². The lowest BCUT2D eigenvalue weighted by Gasteiger charge is -2.09. The molecule has 0 unspecified atom stereocenters. The van der Waals surface area contributed by atoms with Gasteiger partial charge in [-0.15, -0.1) is 0 Å². The van der Waals surface area contributed by atoms with Crippen LogP contribution in [0.15, 0.2) is 43.0 Å². The fourth-order valence-corrected chi connectivity index (χ4v) is 2.17. The monoisotopic (exact) mass is 254 g/mol. The molecule has 2 aromatic rings. The Kier molecular flexibility index (Phi) is 2.88. The van der Waals surface area contributed by atoms with Crippen LogP contribution in [0.4, 0.5) is 0 Å². The van der Waals surface area contributed by atoms with Crippen molar-refractivity contribution in [2.45, 2.75) is 0 Å². The summed E-state index contributed by atoms with van der Waals surface area (Å²) in [4.78, 5) is 0. The first-order chi connectivity index (χ1) is 9.31. The molecule has 0 fully saturated rings. The molecule has 0 radical (unpaired) electrons. The topological polar surface area (TPSA) is 27.7 Å². The second-order valence-electron chi connectivity index (χ2n) is 4.23. The highest BCUT2D eigenvalue weighted by Crippen LogP contribution is 2.39. The maximum absolute atomic E-state index is 5.43. The lowest BCUT2D eigenvalue weighted by Crippen LogP contribution is -1.92. The van der Waals surface area contributed by atoms with Gasteiger partial charge >= 0.3 is 0 Å². The Hall–Kier alpha value is -2.42. The van der Waals surface area contributed by atoms with Crippen LogP contribution in [0, 0.1) is 0 Å². The fraction of sp³-hybridized carbons (Fsp3) is 0.125. The van der Waals surface area contributed by atoms with E-state index in [-0.39, 0.29) is 6.79 Å². The van der Waals surface area contributed by atoms with E-state index in [1.807, 2.05) is 42.5 Å². The van der Waals surface area contributed by atoms with E-state index in [1.54, 1.807) is 7.11 Å². The summed E-state index contributed by atoms with van der Waals surface area (Å²) in [7, 11) is 1.66. The quantitative estimate of drug-likeness (QED) is 0.835. The normalized spacial score (nSPS) is 12.3. The Bertz CT molecular complexity index is 632. The summed E-state index contributed by atoms with van der Waals surface area (Å²) in [6, 6.07) is 11.8. The van der Waals surface area contributed by atoms with Gasteiger partial charge in [-0.25, -0.2) is 0 Å². The molecule has 0 N–H and O–H groups in total. The smallest absolute Gasteiger partial charge is 0.231 e. The van der Waals surface area contributed by atoms with Gasteiger partial charge in [0.05, 0.1) is 7.11 Å². The molecule has 0 amide bonds. The minimum Gasteiger partial charge on any atom is -0.497 e. The number of hydrogen-bond acceptors (Lipinski definition) is 3. The predicted molar refractivity (Wildman–Crippen MR) is 74.6 cm³/mol. The molecule has 1 heterocycles. The molecule has 0 saturated carbocycles. The molecule has 0 spiro atoms. The maximum Gasteiger partial charge on any atom is 0.231 e. The molecule has 19 heavy (non-hydrogen) atoms.